The summed E-state index contributed by atoms with van der Waals surface area (Å²) >= 11 is 1.59. The van der Waals surface area contributed by atoms with Crippen molar-refractivity contribution >= 4 is 28.4 Å². The Balaban J connectivity index is 1.44. The van der Waals surface area contributed by atoms with Crippen molar-refractivity contribution in [2.45, 2.75) is 31.0 Å². The van der Waals surface area contributed by atoms with Gasteiger partial charge in [-0.25, -0.2) is 4.98 Å². The van der Waals surface area contributed by atoms with Crippen LogP contribution >= 0.6 is 11.8 Å². The molecule has 0 aliphatic carbocycles. The van der Waals surface area contributed by atoms with E-state index in [-0.39, 0.29) is 0 Å². The predicted molar refractivity (Wildman–Crippen MR) is 115 cm³/mol. The first-order valence-corrected chi connectivity index (χ1v) is 10.6. The lowest BCUT2D eigenvalue weighted by atomic mass is 10.2. The van der Waals surface area contributed by atoms with Crippen LogP contribution in [0.15, 0.2) is 56.5 Å². The van der Waals surface area contributed by atoms with Gasteiger partial charge < -0.3 is 13.6 Å². The van der Waals surface area contributed by atoms with Crippen molar-refractivity contribution in [3.8, 4) is 17.2 Å². The third-order valence-electron chi connectivity index (χ3n) is 5.05. The van der Waals surface area contributed by atoms with Gasteiger partial charge in [-0.2, -0.15) is 0 Å². The largest absolute Gasteiger partial charge is 0.497 e. The summed E-state index contributed by atoms with van der Waals surface area (Å²) in [6.45, 7) is 4.00. The number of nitrogens with zero attached hydrogens (tertiary/aromatic N) is 4. The van der Waals surface area contributed by atoms with Crippen molar-refractivity contribution in [1.29, 1.82) is 0 Å². The summed E-state index contributed by atoms with van der Waals surface area (Å²) in [4.78, 5) is 4.70. The molecule has 4 aromatic heterocycles. The summed E-state index contributed by atoms with van der Waals surface area (Å²) in [7, 11) is 1.65. The standard InChI is InChI=1S/C22H20N4O3S/c1-4-20-24-25-22(18-11-19-17(26(18)20)9-10-28-19)30-12-16-13(2)29-21(23-16)14-5-7-15(27-3)8-6-14/h5-11H,4,12H2,1-3H3. The number of aryl methyl sites for hydroxylation is 2. The minimum Gasteiger partial charge on any atom is -0.497 e. The molecule has 0 aliphatic rings. The lowest BCUT2D eigenvalue weighted by molar-refractivity contribution is 0.415. The average Bonchev–Trinajstić information content (AvgIpc) is 3.47. The van der Waals surface area contributed by atoms with Gasteiger partial charge in [0, 0.05) is 29.9 Å². The van der Waals surface area contributed by atoms with Crippen molar-refractivity contribution in [2.24, 2.45) is 0 Å². The Kier molecular flexibility index (Phi) is 4.71. The molecule has 1 aromatic carbocycles. The fraction of sp³-hybridized carbons (Fsp3) is 0.227. The maximum absolute atomic E-state index is 5.90. The third-order valence-corrected chi connectivity index (χ3v) is 6.03. The molecule has 4 heterocycles. The summed E-state index contributed by atoms with van der Waals surface area (Å²) < 4.78 is 18.8. The number of hydrogen-bond donors (Lipinski definition) is 0. The molecular formula is C22H20N4O3S. The average molecular weight is 420 g/mol. The number of ether oxygens (including phenoxy) is 1. The Hall–Kier alpha value is -3.26. The zero-order chi connectivity index (χ0) is 20.7. The Morgan fingerprint density at radius 2 is 1.93 bits per heavy atom. The van der Waals surface area contributed by atoms with E-state index in [1.165, 1.54) is 0 Å². The molecule has 152 valence electrons. The number of fused-ring (bicyclic) bond motifs is 3. The third kappa shape index (κ3) is 3.13. The van der Waals surface area contributed by atoms with Gasteiger partial charge in [0.05, 0.1) is 30.1 Å². The van der Waals surface area contributed by atoms with Crippen LogP contribution in [0.25, 0.3) is 28.1 Å². The molecule has 0 saturated carbocycles. The highest BCUT2D eigenvalue weighted by molar-refractivity contribution is 7.98. The van der Waals surface area contributed by atoms with Crippen LogP contribution in [0.5, 0.6) is 5.75 Å². The molecular weight excluding hydrogens is 400 g/mol. The van der Waals surface area contributed by atoms with E-state index >= 15 is 0 Å². The van der Waals surface area contributed by atoms with Crippen LogP contribution in [0, 0.1) is 6.92 Å². The molecule has 0 spiro atoms. The molecule has 30 heavy (non-hydrogen) atoms. The molecule has 5 aromatic rings. The van der Waals surface area contributed by atoms with E-state index in [1.807, 2.05) is 43.3 Å². The van der Waals surface area contributed by atoms with E-state index in [1.54, 1.807) is 25.1 Å². The van der Waals surface area contributed by atoms with Gasteiger partial charge in [-0.15, -0.1) is 10.2 Å². The Bertz CT molecular complexity index is 1330. The first-order valence-electron chi connectivity index (χ1n) is 9.65. The van der Waals surface area contributed by atoms with Gasteiger partial charge in [-0.05, 0) is 31.2 Å². The molecule has 0 saturated heterocycles. The molecule has 0 bridgehead atoms. The summed E-state index contributed by atoms with van der Waals surface area (Å²) in [5.74, 6) is 3.74. The van der Waals surface area contributed by atoms with E-state index in [4.69, 9.17) is 18.6 Å². The normalized spacial score (nSPS) is 11.6. The van der Waals surface area contributed by atoms with Crippen molar-refractivity contribution in [2.75, 3.05) is 7.11 Å². The highest BCUT2D eigenvalue weighted by Crippen LogP contribution is 2.32. The van der Waals surface area contributed by atoms with Crippen LogP contribution in [0.4, 0.5) is 0 Å². The van der Waals surface area contributed by atoms with E-state index in [0.717, 1.165) is 56.7 Å². The van der Waals surface area contributed by atoms with Gasteiger partial charge in [-0.3, -0.25) is 4.40 Å². The molecule has 5 rings (SSSR count). The number of aromatic nitrogens is 4. The Morgan fingerprint density at radius 3 is 2.70 bits per heavy atom. The van der Waals surface area contributed by atoms with Crippen LogP contribution in [0.3, 0.4) is 0 Å². The molecule has 0 radical (unpaired) electrons. The number of furan rings is 1. The van der Waals surface area contributed by atoms with Gasteiger partial charge in [0.2, 0.25) is 5.89 Å². The Labute approximate surface area is 177 Å². The van der Waals surface area contributed by atoms with E-state index in [9.17, 15) is 0 Å². The van der Waals surface area contributed by atoms with Crippen molar-refractivity contribution in [1.82, 2.24) is 19.6 Å². The second-order valence-electron chi connectivity index (χ2n) is 6.85. The highest BCUT2D eigenvalue weighted by atomic mass is 32.2. The molecule has 8 heteroatoms. The van der Waals surface area contributed by atoms with Crippen LogP contribution < -0.4 is 4.74 Å². The predicted octanol–water partition coefficient (Wildman–Crippen LogP) is 5.30. The summed E-state index contributed by atoms with van der Waals surface area (Å²) in [6.07, 6.45) is 2.49. The first-order chi connectivity index (χ1) is 14.7. The zero-order valence-corrected chi connectivity index (χ0v) is 17.7. The highest BCUT2D eigenvalue weighted by Gasteiger charge is 2.17. The van der Waals surface area contributed by atoms with Crippen molar-refractivity contribution < 1.29 is 13.6 Å². The number of hydrogen-bond acceptors (Lipinski definition) is 7. The second-order valence-corrected chi connectivity index (χ2v) is 7.81. The zero-order valence-electron chi connectivity index (χ0n) is 16.9. The summed E-state index contributed by atoms with van der Waals surface area (Å²) in [5, 5.41) is 9.73. The number of benzene rings is 1. The van der Waals surface area contributed by atoms with E-state index in [2.05, 4.69) is 21.5 Å². The summed E-state index contributed by atoms with van der Waals surface area (Å²) in [5.41, 5.74) is 4.65. The van der Waals surface area contributed by atoms with Crippen LogP contribution in [-0.4, -0.2) is 26.7 Å². The Morgan fingerprint density at radius 1 is 1.10 bits per heavy atom. The van der Waals surface area contributed by atoms with E-state index in [0.29, 0.717) is 11.6 Å². The first kappa shape index (κ1) is 18.7. The lowest BCUT2D eigenvalue weighted by Gasteiger charge is -2.06. The van der Waals surface area contributed by atoms with Gasteiger partial charge >= 0.3 is 0 Å². The topological polar surface area (TPSA) is 78.6 Å². The van der Waals surface area contributed by atoms with E-state index < -0.39 is 0 Å². The molecule has 7 nitrogen and oxygen atoms in total. The maximum atomic E-state index is 5.90. The quantitative estimate of drug-likeness (QED) is 0.345. The number of methoxy groups -OCH3 is 1. The fourth-order valence-electron chi connectivity index (χ4n) is 3.45. The number of rotatable bonds is 6. The van der Waals surface area contributed by atoms with Gasteiger partial charge in [0.1, 0.15) is 22.4 Å². The molecule has 0 amide bonds. The molecule has 0 N–H and O–H groups in total. The minimum atomic E-state index is 0.600. The van der Waals surface area contributed by atoms with Crippen molar-refractivity contribution in [3.05, 3.63) is 59.9 Å². The maximum Gasteiger partial charge on any atom is 0.226 e. The van der Waals surface area contributed by atoms with Crippen LogP contribution in [0.1, 0.15) is 24.2 Å². The molecule has 0 atom stereocenters. The molecule has 0 fully saturated rings. The van der Waals surface area contributed by atoms with Gasteiger partial charge in [0.15, 0.2) is 5.58 Å². The fourth-order valence-corrected chi connectivity index (χ4v) is 4.39. The SMILES string of the molecule is CCc1nnc(SCc2nc(-c3ccc(OC)cc3)oc2C)c2cc3occc3n12. The number of oxazole rings is 1. The van der Waals surface area contributed by atoms with Crippen LogP contribution in [0.2, 0.25) is 0 Å². The lowest BCUT2D eigenvalue weighted by Crippen LogP contribution is -2.03. The van der Waals surface area contributed by atoms with Gasteiger partial charge in [-0.1, -0.05) is 18.7 Å². The molecule has 0 unspecified atom stereocenters. The van der Waals surface area contributed by atoms with Gasteiger partial charge in [0.25, 0.3) is 0 Å². The van der Waals surface area contributed by atoms with Crippen molar-refractivity contribution in [3.63, 3.8) is 0 Å². The second kappa shape index (κ2) is 7.53. The molecule has 0 aliphatic heterocycles. The van der Waals surface area contributed by atoms with Crippen LogP contribution in [-0.2, 0) is 12.2 Å². The minimum absolute atomic E-state index is 0.600. The summed E-state index contributed by atoms with van der Waals surface area (Å²) in [6, 6.07) is 11.6. The smallest absolute Gasteiger partial charge is 0.226 e. The number of thioether (sulfide) groups is 1. The monoisotopic (exact) mass is 420 g/mol.